The van der Waals surface area contributed by atoms with Crippen molar-refractivity contribution >= 4 is 35.4 Å². The van der Waals surface area contributed by atoms with Crippen LogP contribution in [0.25, 0.3) is 5.95 Å². The largest absolute Gasteiger partial charge is 0.324 e. The number of halogens is 1. The lowest BCUT2D eigenvalue weighted by Crippen LogP contribution is -2.11. The van der Waals surface area contributed by atoms with Crippen LogP contribution >= 0.6 is 11.6 Å². The van der Waals surface area contributed by atoms with Crippen molar-refractivity contribution in [3.05, 3.63) is 82.6 Å². The van der Waals surface area contributed by atoms with E-state index in [1.165, 1.54) is 0 Å². The topological polar surface area (TPSA) is 92.9 Å². The molecule has 0 saturated heterocycles. The average Bonchev–Trinajstić information content (AvgIpc) is 3.08. The first-order valence-corrected chi connectivity index (χ1v) is 9.61. The molecule has 4 rings (SSSR count). The smallest absolute Gasteiger partial charge is 0.257 e. The SMILES string of the molecule is Cc1cc(C)n(-c2nc(NN=Cc3ccc(Cl)cc3)nc(Nc3ccccc3)n2)n1. The molecule has 0 saturated carbocycles. The summed E-state index contributed by atoms with van der Waals surface area (Å²) in [6.45, 7) is 3.86. The molecule has 150 valence electrons. The molecule has 2 aromatic carbocycles. The van der Waals surface area contributed by atoms with Gasteiger partial charge in [-0.25, -0.2) is 10.1 Å². The minimum absolute atomic E-state index is 0.288. The van der Waals surface area contributed by atoms with Crippen molar-refractivity contribution < 1.29 is 0 Å². The van der Waals surface area contributed by atoms with Crippen molar-refractivity contribution in [2.45, 2.75) is 13.8 Å². The van der Waals surface area contributed by atoms with Crippen LogP contribution in [0.3, 0.4) is 0 Å². The number of hydrogen-bond donors (Lipinski definition) is 2. The molecule has 0 amide bonds. The van der Waals surface area contributed by atoms with E-state index in [-0.39, 0.29) is 5.95 Å². The lowest BCUT2D eigenvalue weighted by molar-refractivity contribution is 0.767. The van der Waals surface area contributed by atoms with Gasteiger partial charge in [-0.2, -0.15) is 25.2 Å². The lowest BCUT2D eigenvalue weighted by atomic mass is 10.2. The zero-order valence-corrected chi connectivity index (χ0v) is 17.2. The Labute approximate surface area is 178 Å². The van der Waals surface area contributed by atoms with Gasteiger partial charge in [-0.15, -0.1) is 0 Å². The van der Waals surface area contributed by atoms with Gasteiger partial charge < -0.3 is 5.32 Å². The zero-order valence-electron chi connectivity index (χ0n) is 16.4. The third-order valence-electron chi connectivity index (χ3n) is 4.10. The summed E-state index contributed by atoms with van der Waals surface area (Å²) >= 11 is 5.91. The van der Waals surface area contributed by atoms with E-state index in [2.05, 4.69) is 35.9 Å². The Hall–Kier alpha value is -3.78. The van der Waals surface area contributed by atoms with E-state index in [9.17, 15) is 0 Å². The Morgan fingerprint density at radius 1 is 0.933 bits per heavy atom. The molecule has 4 aromatic rings. The Balaban J connectivity index is 1.64. The van der Waals surface area contributed by atoms with Crippen LogP contribution in [0, 0.1) is 13.8 Å². The summed E-state index contributed by atoms with van der Waals surface area (Å²) in [7, 11) is 0. The van der Waals surface area contributed by atoms with Crippen LogP contribution in [0.5, 0.6) is 0 Å². The van der Waals surface area contributed by atoms with E-state index in [1.54, 1.807) is 23.0 Å². The quantitative estimate of drug-likeness (QED) is 0.353. The number of para-hydroxylation sites is 1. The molecule has 0 radical (unpaired) electrons. The standard InChI is InChI=1S/C21H19ClN8/c1-14-12-15(2)30(29-14)21-26-19(24-18-6-4-3-5-7-18)25-20(27-21)28-23-13-16-8-10-17(22)11-9-16/h3-13H,1-2H3,(H2,24,25,26,27,28). The second-order valence-corrected chi connectivity index (χ2v) is 6.97. The Bertz CT molecular complexity index is 1170. The molecular weight excluding hydrogens is 400 g/mol. The number of nitrogens with one attached hydrogen (secondary N) is 2. The number of anilines is 3. The van der Waals surface area contributed by atoms with Crippen molar-refractivity contribution in [1.29, 1.82) is 0 Å². The molecule has 0 aliphatic carbocycles. The molecule has 0 atom stereocenters. The maximum absolute atomic E-state index is 5.91. The number of rotatable bonds is 6. The molecule has 2 aromatic heterocycles. The summed E-state index contributed by atoms with van der Waals surface area (Å²) < 4.78 is 1.67. The molecule has 9 heteroatoms. The highest BCUT2D eigenvalue weighted by molar-refractivity contribution is 6.30. The fraction of sp³-hybridized carbons (Fsp3) is 0.0952. The molecule has 0 aliphatic rings. The molecule has 8 nitrogen and oxygen atoms in total. The van der Waals surface area contributed by atoms with Crippen LogP contribution in [-0.4, -0.2) is 30.9 Å². The summed E-state index contributed by atoms with van der Waals surface area (Å²) in [5.41, 5.74) is 6.41. The first-order chi connectivity index (χ1) is 14.6. The normalized spacial score (nSPS) is 11.0. The number of benzene rings is 2. The minimum Gasteiger partial charge on any atom is -0.324 e. The summed E-state index contributed by atoms with van der Waals surface area (Å²) in [6.07, 6.45) is 1.66. The zero-order chi connectivity index (χ0) is 20.9. The fourth-order valence-electron chi connectivity index (χ4n) is 2.76. The van der Waals surface area contributed by atoms with E-state index >= 15 is 0 Å². The number of aryl methyl sites for hydroxylation is 2. The van der Waals surface area contributed by atoms with Crippen LogP contribution < -0.4 is 10.7 Å². The van der Waals surface area contributed by atoms with Gasteiger partial charge in [-0.1, -0.05) is 41.9 Å². The number of hydrogen-bond acceptors (Lipinski definition) is 7. The van der Waals surface area contributed by atoms with Gasteiger partial charge >= 0.3 is 0 Å². The summed E-state index contributed by atoms with van der Waals surface area (Å²) in [4.78, 5) is 13.4. The van der Waals surface area contributed by atoms with Gasteiger partial charge in [-0.05, 0) is 49.7 Å². The van der Waals surface area contributed by atoms with Gasteiger partial charge in [0.05, 0.1) is 11.9 Å². The monoisotopic (exact) mass is 418 g/mol. The van der Waals surface area contributed by atoms with Crippen LogP contribution in [-0.2, 0) is 0 Å². The van der Waals surface area contributed by atoms with Crippen LogP contribution in [0.2, 0.25) is 5.02 Å². The molecule has 0 unspecified atom stereocenters. The van der Waals surface area contributed by atoms with E-state index in [1.807, 2.05) is 62.4 Å². The Morgan fingerprint density at radius 2 is 1.67 bits per heavy atom. The molecule has 2 heterocycles. The average molecular weight is 419 g/mol. The van der Waals surface area contributed by atoms with Crippen LogP contribution in [0.4, 0.5) is 17.6 Å². The Morgan fingerprint density at radius 3 is 2.37 bits per heavy atom. The molecule has 0 aliphatic heterocycles. The summed E-state index contributed by atoms with van der Waals surface area (Å²) in [5, 5.41) is 12.5. The van der Waals surface area contributed by atoms with Crippen LogP contribution in [0.15, 0.2) is 65.8 Å². The van der Waals surface area contributed by atoms with Crippen LogP contribution in [0.1, 0.15) is 17.0 Å². The van der Waals surface area contributed by atoms with E-state index in [4.69, 9.17) is 11.6 Å². The second kappa shape index (κ2) is 8.71. The van der Waals surface area contributed by atoms with Gasteiger partial charge in [0.15, 0.2) is 0 Å². The van der Waals surface area contributed by atoms with Crippen molar-refractivity contribution in [2.75, 3.05) is 10.7 Å². The van der Waals surface area contributed by atoms with Gasteiger partial charge in [0.2, 0.25) is 11.9 Å². The maximum Gasteiger partial charge on any atom is 0.257 e. The third kappa shape index (κ3) is 4.79. The summed E-state index contributed by atoms with van der Waals surface area (Å²) in [5.74, 6) is 1.05. The van der Waals surface area contributed by atoms with Gasteiger partial charge in [0, 0.05) is 16.4 Å². The molecule has 0 bridgehead atoms. The predicted molar refractivity (Wildman–Crippen MR) is 119 cm³/mol. The minimum atomic E-state index is 0.288. The third-order valence-corrected chi connectivity index (χ3v) is 4.35. The van der Waals surface area contributed by atoms with Crippen molar-refractivity contribution in [3.8, 4) is 5.95 Å². The highest BCUT2D eigenvalue weighted by Gasteiger charge is 2.12. The highest BCUT2D eigenvalue weighted by atomic mass is 35.5. The molecule has 2 N–H and O–H groups in total. The first-order valence-electron chi connectivity index (χ1n) is 9.23. The second-order valence-electron chi connectivity index (χ2n) is 6.53. The number of aromatic nitrogens is 5. The van der Waals surface area contributed by atoms with E-state index in [0.717, 1.165) is 22.6 Å². The lowest BCUT2D eigenvalue weighted by Gasteiger charge is -2.09. The van der Waals surface area contributed by atoms with Gasteiger partial charge in [0.25, 0.3) is 5.95 Å². The number of hydrazone groups is 1. The van der Waals surface area contributed by atoms with E-state index in [0.29, 0.717) is 16.9 Å². The predicted octanol–water partition coefficient (Wildman–Crippen LogP) is 4.52. The highest BCUT2D eigenvalue weighted by Crippen LogP contribution is 2.16. The molecular formula is C21H19ClN8. The molecule has 0 fully saturated rings. The van der Waals surface area contributed by atoms with Crippen molar-refractivity contribution in [3.63, 3.8) is 0 Å². The maximum atomic E-state index is 5.91. The fourth-order valence-corrected chi connectivity index (χ4v) is 2.89. The van der Waals surface area contributed by atoms with Crippen molar-refractivity contribution in [2.24, 2.45) is 5.10 Å². The summed E-state index contributed by atoms with van der Waals surface area (Å²) in [6, 6.07) is 19.0. The Kier molecular flexibility index (Phi) is 5.67. The molecule has 0 spiro atoms. The van der Waals surface area contributed by atoms with Crippen molar-refractivity contribution in [1.82, 2.24) is 24.7 Å². The first kappa shape index (κ1) is 19.5. The number of nitrogens with zero attached hydrogens (tertiary/aromatic N) is 6. The molecule has 30 heavy (non-hydrogen) atoms. The van der Waals surface area contributed by atoms with Gasteiger partial charge in [-0.3, -0.25) is 0 Å². The van der Waals surface area contributed by atoms with Gasteiger partial charge in [0.1, 0.15) is 0 Å². The van der Waals surface area contributed by atoms with E-state index < -0.39 is 0 Å².